The Morgan fingerprint density at radius 2 is 1.22 bits per heavy atom. The average Bonchev–Trinajstić information content (AvgIpc) is 3.67. The van der Waals surface area contributed by atoms with Gasteiger partial charge >= 0.3 is 0 Å². The van der Waals surface area contributed by atoms with Crippen LogP contribution in [-0.4, -0.2) is 45.9 Å². The first kappa shape index (κ1) is 26.3. The van der Waals surface area contributed by atoms with E-state index in [0.717, 1.165) is 29.7 Å². The largest absolute Gasteiger partial charge is 0.411 e. The molecule has 4 atom stereocenters. The van der Waals surface area contributed by atoms with Gasteiger partial charge in [0.1, 0.15) is 17.8 Å². The van der Waals surface area contributed by atoms with E-state index < -0.39 is 13.9 Å². The van der Waals surface area contributed by atoms with E-state index in [1.54, 1.807) is 0 Å². The minimum atomic E-state index is -2.00. The van der Waals surface area contributed by atoms with Crippen molar-refractivity contribution in [2.75, 3.05) is 13.2 Å². The second-order valence-corrected chi connectivity index (χ2v) is 16.6. The van der Waals surface area contributed by atoms with Gasteiger partial charge in [0.05, 0.1) is 25.4 Å². The average molecular weight is 517 g/mol. The van der Waals surface area contributed by atoms with E-state index in [1.807, 2.05) is 18.2 Å². The molecule has 4 nitrogen and oxygen atoms in total. The van der Waals surface area contributed by atoms with Gasteiger partial charge in [-0.1, -0.05) is 112 Å². The predicted octanol–water partition coefficient (Wildman–Crippen LogP) is 6.94. The Labute approximate surface area is 223 Å². The second-order valence-electron chi connectivity index (χ2n) is 11.8. The topological polar surface area (TPSA) is 40.2 Å². The van der Waals surface area contributed by atoms with Crippen molar-refractivity contribution in [1.82, 2.24) is 0 Å². The summed E-state index contributed by atoms with van der Waals surface area (Å²) in [6.45, 7) is 12.7. The van der Waals surface area contributed by atoms with E-state index in [2.05, 4.69) is 107 Å². The number of ether oxygens (including phenoxy) is 3. The molecule has 2 aliphatic rings. The third kappa shape index (κ3) is 5.47. The van der Waals surface area contributed by atoms with E-state index in [9.17, 15) is 0 Å². The van der Waals surface area contributed by atoms with Gasteiger partial charge in [0.15, 0.2) is 8.32 Å². The molecule has 0 radical (unpaired) electrons. The van der Waals surface area contributed by atoms with Crippen LogP contribution in [0.15, 0.2) is 91.0 Å². The lowest BCUT2D eigenvalue weighted by Crippen LogP contribution is -2.47. The SMILES string of the molecule is CC(C)(C)[Si](C)(C)O[C@H]1C[C@@H]([C@H]2CO2)O[C@@H]1COC(c1ccccc1)(c1ccccc1)c1ccccc1. The summed E-state index contributed by atoms with van der Waals surface area (Å²) in [5, 5.41) is 0.119. The zero-order valence-electron chi connectivity index (χ0n) is 22.7. The maximum Gasteiger partial charge on any atom is 0.192 e. The molecular weight excluding hydrogens is 476 g/mol. The van der Waals surface area contributed by atoms with Gasteiger partial charge in [-0.2, -0.15) is 0 Å². The van der Waals surface area contributed by atoms with Gasteiger partial charge in [0.25, 0.3) is 0 Å². The van der Waals surface area contributed by atoms with Crippen LogP contribution in [0.4, 0.5) is 0 Å². The highest BCUT2D eigenvalue weighted by Crippen LogP contribution is 2.44. The molecule has 2 heterocycles. The highest BCUT2D eigenvalue weighted by molar-refractivity contribution is 6.74. The van der Waals surface area contributed by atoms with Crippen LogP contribution in [0.25, 0.3) is 0 Å². The van der Waals surface area contributed by atoms with Crippen LogP contribution in [0, 0.1) is 0 Å². The van der Waals surface area contributed by atoms with Crippen LogP contribution < -0.4 is 0 Å². The smallest absolute Gasteiger partial charge is 0.192 e. The summed E-state index contributed by atoms with van der Waals surface area (Å²) in [4.78, 5) is 0. The van der Waals surface area contributed by atoms with Crippen LogP contribution in [0.2, 0.25) is 18.1 Å². The number of hydrogen-bond acceptors (Lipinski definition) is 4. The Hall–Kier alpha value is -2.28. The summed E-state index contributed by atoms with van der Waals surface area (Å²) in [5.74, 6) is 0. The molecule has 3 aromatic carbocycles. The molecule has 196 valence electrons. The fourth-order valence-corrected chi connectivity index (χ4v) is 6.42. The van der Waals surface area contributed by atoms with Crippen molar-refractivity contribution < 1.29 is 18.6 Å². The summed E-state index contributed by atoms with van der Waals surface area (Å²) in [7, 11) is -2.00. The summed E-state index contributed by atoms with van der Waals surface area (Å²) in [6.07, 6.45) is 0.898. The summed E-state index contributed by atoms with van der Waals surface area (Å²) in [6, 6.07) is 31.5. The third-order valence-electron chi connectivity index (χ3n) is 8.26. The molecule has 0 unspecified atom stereocenters. The first-order valence-electron chi connectivity index (χ1n) is 13.5. The van der Waals surface area contributed by atoms with Crippen molar-refractivity contribution in [2.24, 2.45) is 0 Å². The Morgan fingerprint density at radius 1 is 0.757 bits per heavy atom. The summed E-state index contributed by atoms with van der Waals surface area (Å²) >= 11 is 0. The highest BCUT2D eigenvalue weighted by Gasteiger charge is 2.49. The number of rotatable bonds is 9. The van der Waals surface area contributed by atoms with Gasteiger partial charge in [-0.3, -0.25) is 0 Å². The summed E-state index contributed by atoms with van der Waals surface area (Å²) in [5.41, 5.74) is 2.50. The number of epoxide rings is 1. The van der Waals surface area contributed by atoms with Crippen LogP contribution >= 0.6 is 0 Å². The van der Waals surface area contributed by atoms with Gasteiger partial charge in [-0.25, -0.2) is 0 Å². The molecule has 2 aliphatic heterocycles. The van der Waals surface area contributed by atoms with Crippen molar-refractivity contribution in [3.8, 4) is 0 Å². The molecule has 2 fully saturated rings. The lowest BCUT2D eigenvalue weighted by atomic mass is 9.80. The van der Waals surface area contributed by atoms with Gasteiger partial charge in [0.2, 0.25) is 0 Å². The zero-order valence-corrected chi connectivity index (χ0v) is 23.7. The first-order valence-corrected chi connectivity index (χ1v) is 16.4. The summed E-state index contributed by atoms with van der Waals surface area (Å²) < 4.78 is 26.3. The monoisotopic (exact) mass is 516 g/mol. The molecule has 0 saturated carbocycles. The molecule has 3 aromatic rings. The molecule has 0 amide bonds. The van der Waals surface area contributed by atoms with Crippen LogP contribution in [-0.2, 0) is 24.2 Å². The Balaban J connectivity index is 1.51. The minimum absolute atomic E-state index is 0.0184. The molecule has 0 bridgehead atoms. The number of hydrogen-bond donors (Lipinski definition) is 0. The van der Waals surface area contributed by atoms with Crippen LogP contribution in [0.3, 0.4) is 0 Å². The molecule has 0 aliphatic carbocycles. The molecule has 0 spiro atoms. The van der Waals surface area contributed by atoms with Crippen molar-refractivity contribution in [1.29, 1.82) is 0 Å². The fourth-order valence-electron chi connectivity index (χ4n) is 5.06. The van der Waals surface area contributed by atoms with E-state index in [1.165, 1.54) is 0 Å². The van der Waals surface area contributed by atoms with Crippen LogP contribution in [0.1, 0.15) is 43.9 Å². The van der Waals surface area contributed by atoms with Crippen molar-refractivity contribution in [2.45, 2.75) is 75.3 Å². The lowest BCUT2D eigenvalue weighted by molar-refractivity contribution is -0.0830. The van der Waals surface area contributed by atoms with Gasteiger partial charge in [0, 0.05) is 6.42 Å². The van der Waals surface area contributed by atoms with Gasteiger partial charge in [-0.05, 0) is 34.8 Å². The molecule has 0 N–H and O–H groups in total. The first-order chi connectivity index (χ1) is 17.7. The quantitative estimate of drug-likeness (QED) is 0.175. The zero-order chi connectivity index (χ0) is 26.1. The Kier molecular flexibility index (Phi) is 7.45. The molecular formula is C32H40O4Si. The molecule has 2 saturated heterocycles. The van der Waals surface area contributed by atoms with Gasteiger partial charge < -0.3 is 18.6 Å². The van der Waals surface area contributed by atoms with E-state index in [-0.39, 0.29) is 29.5 Å². The normalized spacial score (nSPS) is 24.2. The number of benzene rings is 3. The molecule has 37 heavy (non-hydrogen) atoms. The van der Waals surface area contributed by atoms with E-state index in [0.29, 0.717) is 6.61 Å². The maximum atomic E-state index is 7.12. The molecule has 5 heteroatoms. The third-order valence-corrected chi connectivity index (χ3v) is 12.8. The Bertz CT molecular complexity index is 1040. The molecule has 5 rings (SSSR count). The van der Waals surface area contributed by atoms with Crippen molar-refractivity contribution in [3.63, 3.8) is 0 Å². The predicted molar refractivity (Wildman–Crippen MR) is 150 cm³/mol. The second kappa shape index (κ2) is 10.5. The molecule has 0 aromatic heterocycles. The fraction of sp³-hybridized carbons (Fsp3) is 0.438. The van der Waals surface area contributed by atoms with E-state index >= 15 is 0 Å². The minimum Gasteiger partial charge on any atom is -0.411 e. The van der Waals surface area contributed by atoms with Crippen molar-refractivity contribution >= 4 is 8.32 Å². The van der Waals surface area contributed by atoms with Crippen LogP contribution in [0.5, 0.6) is 0 Å². The standard InChI is InChI=1S/C32H40O4Si/c1-31(2,3)37(4,5)36-28-21-27(29-22-33-29)35-30(28)23-34-32(24-15-9-6-10-16-24,25-17-11-7-12-18-25)26-19-13-8-14-20-26/h6-20,27-30H,21-23H2,1-5H3/t27-,28-,29+,30+/m0/s1. The van der Waals surface area contributed by atoms with Gasteiger partial charge in [-0.15, -0.1) is 0 Å². The maximum absolute atomic E-state index is 7.12. The lowest BCUT2D eigenvalue weighted by Gasteiger charge is -2.40. The van der Waals surface area contributed by atoms with Crippen molar-refractivity contribution in [3.05, 3.63) is 108 Å². The highest BCUT2D eigenvalue weighted by atomic mass is 28.4. The van der Waals surface area contributed by atoms with E-state index in [4.69, 9.17) is 18.6 Å². The Morgan fingerprint density at radius 3 is 1.62 bits per heavy atom.